The van der Waals surface area contributed by atoms with Crippen molar-refractivity contribution in [1.82, 2.24) is 15.1 Å². The minimum absolute atomic E-state index is 0.126. The second kappa shape index (κ2) is 11.1. The Hall–Kier alpha value is -3.48. The normalized spacial score (nSPS) is 13.7. The van der Waals surface area contributed by atoms with Gasteiger partial charge in [0.25, 0.3) is 11.8 Å². The zero-order valence-corrected chi connectivity index (χ0v) is 20.3. The van der Waals surface area contributed by atoms with Gasteiger partial charge in [0.2, 0.25) is 11.8 Å². The van der Waals surface area contributed by atoms with E-state index in [2.05, 4.69) is 5.32 Å². The van der Waals surface area contributed by atoms with Gasteiger partial charge < -0.3 is 10.2 Å². The predicted molar refractivity (Wildman–Crippen MR) is 130 cm³/mol. The van der Waals surface area contributed by atoms with Gasteiger partial charge in [-0.2, -0.15) is 0 Å². The first-order valence-corrected chi connectivity index (χ1v) is 11.8. The van der Waals surface area contributed by atoms with Crippen LogP contribution in [0.25, 0.3) is 0 Å². The van der Waals surface area contributed by atoms with Crippen LogP contribution in [0.3, 0.4) is 0 Å². The Morgan fingerprint density at radius 3 is 2.09 bits per heavy atom. The SMILES string of the molecule is Cc1ccc(CN(C(=O)CCCN2C(=O)c3ccccc3C2=O)[C@@H](C)C(=O)NCC(C)C)cc1. The molecule has 3 rings (SSSR count). The molecule has 1 heterocycles. The zero-order chi connectivity index (χ0) is 24.8. The first-order valence-electron chi connectivity index (χ1n) is 11.8. The molecule has 0 radical (unpaired) electrons. The van der Waals surface area contributed by atoms with Crippen LogP contribution in [0, 0.1) is 12.8 Å². The first kappa shape index (κ1) is 25.1. The monoisotopic (exact) mass is 463 g/mol. The van der Waals surface area contributed by atoms with Crippen LogP contribution in [0.4, 0.5) is 0 Å². The van der Waals surface area contributed by atoms with Crippen molar-refractivity contribution >= 4 is 23.6 Å². The van der Waals surface area contributed by atoms with Crippen molar-refractivity contribution in [2.75, 3.05) is 13.1 Å². The third-order valence-corrected chi connectivity index (χ3v) is 5.98. The van der Waals surface area contributed by atoms with Crippen molar-refractivity contribution in [3.8, 4) is 0 Å². The third kappa shape index (κ3) is 5.90. The quantitative estimate of drug-likeness (QED) is 0.546. The highest BCUT2D eigenvalue weighted by Crippen LogP contribution is 2.23. The smallest absolute Gasteiger partial charge is 0.261 e. The molecule has 7 heteroatoms. The lowest BCUT2D eigenvalue weighted by Crippen LogP contribution is -2.48. The van der Waals surface area contributed by atoms with E-state index in [1.54, 1.807) is 36.1 Å². The van der Waals surface area contributed by atoms with E-state index in [4.69, 9.17) is 0 Å². The Balaban J connectivity index is 1.66. The van der Waals surface area contributed by atoms with Crippen LogP contribution < -0.4 is 5.32 Å². The average molecular weight is 464 g/mol. The molecule has 34 heavy (non-hydrogen) atoms. The van der Waals surface area contributed by atoms with E-state index in [9.17, 15) is 19.2 Å². The van der Waals surface area contributed by atoms with Crippen LogP contribution in [0.5, 0.6) is 0 Å². The second-order valence-corrected chi connectivity index (χ2v) is 9.23. The van der Waals surface area contributed by atoms with Crippen LogP contribution in [0.2, 0.25) is 0 Å². The number of carbonyl (C=O) groups excluding carboxylic acids is 4. The van der Waals surface area contributed by atoms with Gasteiger partial charge in [0, 0.05) is 26.1 Å². The largest absolute Gasteiger partial charge is 0.354 e. The maximum atomic E-state index is 13.2. The van der Waals surface area contributed by atoms with Crippen LogP contribution in [0.15, 0.2) is 48.5 Å². The summed E-state index contributed by atoms with van der Waals surface area (Å²) in [5.74, 6) is -0.743. The van der Waals surface area contributed by atoms with Crippen molar-refractivity contribution in [3.63, 3.8) is 0 Å². The van der Waals surface area contributed by atoms with Gasteiger partial charge in [-0.3, -0.25) is 24.1 Å². The van der Waals surface area contributed by atoms with Crippen LogP contribution in [0.1, 0.15) is 65.5 Å². The summed E-state index contributed by atoms with van der Waals surface area (Å²) in [5, 5.41) is 2.90. The molecule has 1 atom stereocenters. The van der Waals surface area contributed by atoms with E-state index in [1.165, 1.54) is 4.90 Å². The molecule has 7 nitrogen and oxygen atoms in total. The van der Waals surface area contributed by atoms with Crippen LogP contribution in [-0.2, 0) is 16.1 Å². The number of aryl methyl sites for hydroxylation is 1. The molecule has 0 aliphatic carbocycles. The van der Waals surface area contributed by atoms with Crippen molar-refractivity contribution < 1.29 is 19.2 Å². The number of hydrogen-bond acceptors (Lipinski definition) is 4. The Kier molecular flexibility index (Phi) is 8.21. The molecule has 0 unspecified atom stereocenters. The summed E-state index contributed by atoms with van der Waals surface area (Å²) in [6, 6.07) is 13.9. The average Bonchev–Trinajstić information content (AvgIpc) is 3.06. The molecular formula is C27H33N3O4. The lowest BCUT2D eigenvalue weighted by Gasteiger charge is -2.29. The number of nitrogens with one attached hydrogen (secondary N) is 1. The molecular weight excluding hydrogens is 430 g/mol. The summed E-state index contributed by atoms with van der Waals surface area (Å²) in [6.07, 6.45) is 0.454. The molecule has 0 saturated carbocycles. The minimum Gasteiger partial charge on any atom is -0.354 e. The molecule has 0 aromatic heterocycles. The zero-order valence-electron chi connectivity index (χ0n) is 20.3. The number of nitrogens with zero attached hydrogens (tertiary/aromatic N) is 2. The van der Waals surface area contributed by atoms with Gasteiger partial charge in [-0.1, -0.05) is 55.8 Å². The Morgan fingerprint density at radius 1 is 0.941 bits per heavy atom. The third-order valence-electron chi connectivity index (χ3n) is 5.98. The fourth-order valence-electron chi connectivity index (χ4n) is 3.90. The number of amides is 4. The fourth-order valence-corrected chi connectivity index (χ4v) is 3.90. The fraction of sp³-hybridized carbons (Fsp3) is 0.407. The molecule has 2 aromatic rings. The van der Waals surface area contributed by atoms with Gasteiger partial charge in [-0.05, 0) is 43.9 Å². The number of rotatable bonds is 10. The number of benzene rings is 2. The highest BCUT2D eigenvalue weighted by molar-refractivity contribution is 6.21. The summed E-state index contributed by atoms with van der Waals surface area (Å²) >= 11 is 0. The van der Waals surface area contributed by atoms with E-state index in [0.29, 0.717) is 36.6 Å². The number of fused-ring (bicyclic) bond motifs is 1. The highest BCUT2D eigenvalue weighted by Gasteiger charge is 2.35. The predicted octanol–water partition coefficient (Wildman–Crippen LogP) is 3.56. The molecule has 1 aliphatic heterocycles. The van der Waals surface area contributed by atoms with Gasteiger partial charge in [0.1, 0.15) is 6.04 Å². The van der Waals surface area contributed by atoms with Crippen molar-refractivity contribution in [2.45, 2.75) is 53.1 Å². The van der Waals surface area contributed by atoms with Crippen molar-refractivity contribution in [1.29, 1.82) is 0 Å². The lowest BCUT2D eigenvalue weighted by molar-refractivity contribution is -0.140. The molecule has 1 N–H and O–H groups in total. The Labute approximate surface area is 201 Å². The summed E-state index contributed by atoms with van der Waals surface area (Å²) < 4.78 is 0. The molecule has 180 valence electrons. The molecule has 4 amide bonds. The van der Waals surface area contributed by atoms with E-state index in [1.807, 2.05) is 45.0 Å². The van der Waals surface area contributed by atoms with Gasteiger partial charge in [0.15, 0.2) is 0 Å². The standard InChI is InChI=1S/C27H33N3O4/c1-18(2)16-28-25(32)20(4)30(17-21-13-11-19(3)12-14-21)24(31)10-7-15-29-26(33)22-8-5-6-9-23(22)27(29)34/h5-6,8-9,11-14,18,20H,7,10,15-17H2,1-4H3,(H,28,32)/t20-/m0/s1. The van der Waals surface area contributed by atoms with Crippen molar-refractivity contribution in [3.05, 3.63) is 70.8 Å². The van der Waals surface area contributed by atoms with Gasteiger partial charge in [-0.25, -0.2) is 0 Å². The summed E-state index contributed by atoms with van der Waals surface area (Å²) in [6.45, 7) is 8.75. The van der Waals surface area contributed by atoms with Crippen LogP contribution >= 0.6 is 0 Å². The summed E-state index contributed by atoms with van der Waals surface area (Å²) in [7, 11) is 0. The molecule has 1 aliphatic rings. The molecule has 2 aromatic carbocycles. The number of imide groups is 1. The van der Waals surface area contributed by atoms with E-state index >= 15 is 0 Å². The van der Waals surface area contributed by atoms with E-state index in [0.717, 1.165) is 11.1 Å². The van der Waals surface area contributed by atoms with Gasteiger partial charge in [0.05, 0.1) is 11.1 Å². The number of carbonyl (C=O) groups is 4. The minimum atomic E-state index is -0.646. The maximum absolute atomic E-state index is 13.2. The molecule has 0 saturated heterocycles. The van der Waals surface area contributed by atoms with Gasteiger partial charge >= 0.3 is 0 Å². The van der Waals surface area contributed by atoms with Gasteiger partial charge in [-0.15, -0.1) is 0 Å². The Bertz CT molecular complexity index is 1030. The highest BCUT2D eigenvalue weighted by atomic mass is 16.2. The topological polar surface area (TPSA) is 86.8 Å². The Morgan fingerprint density at radius 2 is 1.53 bits per heavy atom. The van der Waals surface area contributed by atoms with Crippen molar-refractivity contribution in [2.24, 2.45) is 5.92 Å². The molecule has 0 spiro atoms. The number of hydrogen-bond donors (Lipinski definition) is 1. The lowest BCUT2D eigenvalue weighted by atomic mass is 10.1. The molecule has 0 fully saturated rings. The summed E-state index contributed by atoms with van der Waals surface area (Å²) in [5.41, 5.74) is 2.85. The van der Waals surface area contributed by atoms with E-state index < -0.39 is 6.04 Å². The summed E-state index contributed by atoms with van der Waals surface area (Å²) in [4.78, 5) is 53.8. The maximum Gasteiger partial charge on any atom is 0.261 e. The van der Waals surface area contributed by atoms with E-state index in [-0.39, 0.29) is 36.6 Å². The second-order valence-electron chi connectivity index (χ2n) is 9.23. The molecule has 0 bridgehead atoms. The first-order chi connectivity index (χ1) is 16.2. The van der Waals surface area contributed by atoms with Crippen LogP contribution in [-0.4, -0.2) is 52.6 Å².